The summed E-state index contributed by atoms with van der Waals surface area (Å²) < 4.78 is 11.0. The van der Waals surface area contributed by atoms with Gasteiger partial charge in [-0.1, -0.05) is 26.8 Å². The summed E-state index contributed by atoms with van der Waals surface area (Å²) in [5, 5.41) is 9.61. The number of benzene rings is 1. The predicted molar refractivity (Wildman–Crippen MR) is 109 cm³/mol. The minimum absolute atomic E-state index is 0.182. The van der Waals surface area contributed by atoms with Crippen LogP contribution in [0.15, 0.2) is 47.6 Å². The summed E-state index contributed by atoms with van der Waals surface area (Å²) in [7, 11) is 1.61. The summed E-state index contributed by atoms with van der Waals surface area (Å²) in [5.74, 6) is 2.89. The van der Waals surface area contributed by atoms with Crippen LogP contribution in [0.4, 0.5) is 0 Å². The highest BCUT2D eigenvalue weighted by atomic mass is 16.5. The zero-order chi connectivity index (χ0) is 20.1. The molecule has 1 aliphatic carbocycles. The summed E-state index contributed by atoms with van der Waals surface area (Å²) in [6, 6.07) is 11.1. The van der Waals surface area contributed by atoms with Gasteiger partial charge in [-0.3, -0.25) is 15.7 Å². The summed E-state index contributed by atoms with van der Waals surface area (Å²) >= 11 is 0. The third-order valence-electron chi connectivity index (χ3n) is 5.05. The Morgan fingerprint density at radius 2 is 2.00 bits per heavy atom. The van der Waals surface area contributed by atoms with Crippen LogP contribution in [0.5, 0.6) is 17.4 Å². The second-order valence-electron chi connectivity index (χ2n) is 8.32. The molecule has 2 atom stereocenters. The first-order chi connectivity index (χ1) is 13.4. The molecule has 0 amide bonds. The van der Waals surface area contributed by atoms with E-state index >= 15 is 0 Å². The van der Waals surface area contributed by atoms with Crippen molar-refractivity contribution >= 4 is 5.84 Å². The molecule has 6 nitrogen and oxygen atoms in total. The van der Waals surface area contributed by atoms with Gasteiger partial charge >= 0.3 is 0 Å². The van der Waals surface area contributed by atoms with Crippen molar-refractivity contribution in [2.24, 2.45) is 16.3 Å². The van der Waals surface area contributed by atoms with Crippen molar-refractivity contribution in [3.05, 3.63) is 48.2 Å². The van der Waals surface area contributed by atoms with E-state index in [0.29, 0.717) is 23.4 Å². The van der Waals surface area contributed by atoms with E-state index in [2.05, 4.69) is 31.2 Å². The lowest BCUT2D eigenvalue weighted by Crippen LogP contribution is -2.32. The molecule has 2 N–H and O–H groups in total. The maximum absolute atomic E-state index is 9.61. The molecule has 2 unspecified atom stereocenters. The quantitative estimate of drug-likeness (QED) is 0.440. The van der Waals surface area contributed by atoms with E-state index in [0.717, 1.165) is 24.2 Å². The molecule has 3 rings (SSSR count). The Bertz CT molecular complexity index is 818. The van der Waals surface area contributed by atoms with Crippen molar-refractivity contribution in [3.63, 3.8) is 0 Å². The molecule has 28 heavy (non-hydrogen) atoms. The molecule has 1 aromatic carbocycles. The Morgan fingerprint density at radius 3 is 2.64 bits per heavy atom. The van der Waals surface area contributed by atoms with Crippen LogP contribution in [0, 0.1) is 11.3 Å². The van der Waals surface area contributed by atoms with Gasteiger partial charge in [-0.2, -0.15) is 0 Å². The predicted octanol–water partition coefficient (Wildman–Crippen LogP) is 4.82. The molecule has 0 spiro atoms. The fourth-order valence-corrected chi connectivity index (χ4v) is 4.11. The fraction of sp³-hybridized carbons (Fsp3) is 0.455. The van der Waals surface area contributed by atoms with Crippen molar-refractivity contribution in [2.45, 2.75) is 46.1 Å². The van der Waals surface area contributed by atoms with Gasteiger partial charge in [0.25, 0.3) is 0 Å². The van der Waals surface area contributed by atoms with E-state index in [9.17, 15) is 5.21 Å². The molecule has 2 aromatic rings. The second kappa shape index (κ2) is 8.61. The van der Waals surface area contributed by atoms with Crippen LogP contribution in [0.25, 0.3) is 0 Å². The highest BCUT2D eigenvalue weighted by Gasteiger charge is 2.32. The topological polar surface area (TPSA) is 76.0 Å². The zero-order valence-corrected chi connectivity index (χ0v) is 17.0. The molecule has 0 bridgehead atoms. The van der Waals surface area contributed by atoms with Crippen LogP contribution in [0.3, 0.4) is 0 Å². The van der Waals surface area contributed by atoms with Gasteiger partial charge in [0.2, 0.25) is 5.88 Å². The number of hydroxylamine groups is 1. The van der Waals surface area contributed by atoms with Gasteiger partial charge in [0.15, 0.2) is 5.84 Å². The molecule has 0 aliphatic heterocycles. The second-order valence-corrected chi connectivity index (χ2v) is 8.32. The maximum atomic E-state index is 9.61. The summed E-state index contributed by atoms with van der Waals surface area (Å²) in [5.41, 5.74) is 3.23. The summed E-state index contributed by atoms with van der Waals surface area (Å²) in [4.78, 5) is 9.10. The summed E-state index contributed by atoms with van der Waals surface area (Å²) in [6.07, 6.45) is 4.89. The van der Waals surface area contributed by atoms with Gasteiger partial charge < -0.3 is 9.47 Å². The lowest BCUT2D eigenvalue weighted by Gasteiger charge is -2.37. The molecule has 150 valence electrons. The normalized spacial score (nSPS) is 21.8. The van der Waals surface area contributed by atoms with Gasteiger partial charge in [-0.15, -0.1) is 0 Å². The van der Waals surface area contributed by atoms with Crippen molar-refractivity contribution in [1.82, 2.24) is 10.5 Å². The van der Waals surface area contributed by atoms with Crippen molar-refractivity contribution in [2.75, 3.05) is 7.11 Å². The average molecular weight is 383 g/mol. The van der Waals surface area contributed by atoms with E-state index in [4.69, 9.17) is 14.5 Å². The van der Waals surface area contributed by atoms with Crippen LogP contribution >= 0.6 is 0 Å². The van der Waals surface area contributed by atoms with Gasteiger partial charge in [-0.25, -0.2) is 4.98 Å². The third kappa shape index (κ3) is 5.23. The molecule has 1 aliphatic rings. The van der Waals surface area contributed by atoms with Crippen molar-refractivity contribution < 1.29 is 14.7 Å². The molecular weight excluding hydrogens is 354 g/mol. The first-order valence-corrected chi connectivity index (χ1v) is 9.65. The Kier molecular flexibility index (Phi) is 6.19. The van der Waals surface area contributed by atoms with Gasteiger partial charge in [0.05, 0.1) is 13.2 Å². The number of ether oxygens (including phenoxy) is 2. The SMILES string of the molecule is COc1cccc(Oc2ccc(C(=NC3CC(C)CC(C)(C)C3)NO)cn2)c1. The van der Waals surface area contributed by atoms with Crippen molar-refractivity contribution in [3.8, 4) is 17.4 Å². The van der Waals surface area contributed by atoms with Crippen LogP contribution in [0.1, 0.15) is 45.6 Å². The monoisotopic (exact) mass is 383 g/mol. The zero-order valence-electron chi connectivity index (χ0n) is 17.0. The number of rotatable bonds is 5. The molecule has 1 fully saturated rings. The number of methoxy groups -OCH3 is 1. The molecule has 1 aromatic heterocycles. The van der Waals surface area contributed by atoms with Crippen LogP contribution in [-0.2, 0) is 0 Å². The Hall–Kier alpha value is -2.60. The molecule has 0 radical (unpaired) electrons. The number of hydrogen-bond donors (Lipinski definition) is 2. The highest BCUT2D eigenvalue weighted by Crippen LogP contribution is 2.39. The van der Waals surface area contributed by atoms with Gasteiger partial charge in [0.1, 0.15) is 11.5 Å². The molecular formula is C22H29N3O3. The third-order valence-corrected chi connectivity index (χ3v) is 5.05. The standard InChI is InChI=1S/C22H29N3O3/c1-15-10-17(13-22(2,3)12-15)24-21(25-26)16-8-9-20(23-14-16)28-19-7-5-6-18(11-19)27-4/h5-9,11,14-15,17,26H,10,12-13H2,1-4H3,(H,24,25). The first kappa shape index (κ1) is 20.1. The van der Waals surface area contributed by atoms with Crippen LogP contribution < -0.4 is 15.0 Å². The Balaban J connectivity index is 1.73. The minimum Gasteiger partial charge on any atom is -0.497 e. The average Bonchev–Trinajstić information content (AvgIpc) is 2.65. The lowest BCUT2D eigenvalue weighted by atomic mass is 9.71. The van der Waals surface area contributed by atoms with Crippen molar-refractivity contribution in [1.29, 1.82) is 0 Å². The van der Waals surface area contributed by atoms with Gasteiger partial charge in [0, 0.05) is 23.9 Å². The minimum atomic E-state index is 0.182. The molecule has 1 heterocycles. The number of nitrogens with one attached hydrogen (secondary N) is 1. The van der Waals surface area contributed by atoms with Crippen LogP contribution in [0.2, 0.25) is 0 Å². The largest absolute Gasteiger partial charge is 0.497 e. The van der Waals surface area contributed by atoms with E-state index < -0.39 is 0 Å². The molecule has 1 saturated carbocycles. The Morgan fingerprint density at radius 1 is 1.21 bits per heavy atom. The smallest absolute Gasteiger partial charge is 0.219 e. The van der Waals surface area contributed by atoms with E-state index in [-0.39, 0.29) is 11.5 Å². The number of aliphatic imine (C=N–C) groups is 1. The molecule has 6 heteroatoms. The number of aromatic nitrogens is 1. The first-order valence-electron chi connectivity index (χ1n) is 9.65. The number of nitrogens with zero attached hydrogens (tertiary/aromatic N) is 2. The number of pyridine rings is 1. The van der Waals surface area contributed by atoms with E-state index in [1.165, 1.54) is 6.42 Å². The van der Waals surface area contributed by atoms with E-state index in [1.54, 1.807) is 25.4 Å². The number of hydrogen-bond acceptors (Lipinski definition) is 5. The number of amidine groups is 1. The maximum Gasteiger partial charge on any atom is 0.219 e. The Labute approximate surface area is 166 Å². The van der Waals surface area contributed by atoms with E-state index in [1.807, 2.05) is 24.3 Å². The lowest BCUT2D eigenvalue weighted by molar-refractivity contribution is 0.169. The summed E-state index contributed by atoms with van der Waals surface area (Å²) in [6.45, 7) is 6.83. The molecule has 0 saturated heterocycles. The van der Waals surface area contributed by atoms with Gasteiger partial charge in [-0.05, 0) is 48.8 Å². The van der Waals surface area contributed by atoms with Crippen LogP contribution in [-0.4, -0.2) is 29.2 Å². The fourth-order valence-electron chi connectivity index (χ4n) is 4.11. The highest BCUT2D eigenvalue weighted by molar-refractivity contribution is 5.97.